The molecule has 90 valence electrons. The first-order chi connectivity index (χ1) is 8.59. The van der Waals surface area contributed by atoms with Crippen LogP contribution in [-0.2, 0) is 23.2 Å². The van der Waals surface area contributed by atoms with Gasteiger partial charge in [-0.25, -0.2) is 0 Å². The predicted octanol–water partition coefficient (Wildman–Crippen LogP) is 4.84. The Kier molecular flexibility index (Phi) is 3.06. The average molecular weight is 314 g/mol. The van der Waals surface area contributed by atoms with Crippen molar-refractivity contribution >= 4 is 6.08 Å². The second-order valence-corrected chi connectivity index (χ2v) is 10.2. The van der Waals surface area contributed by atoms with Crippen molar-refractivity contribution in [3.05, 3.63) is 62.5 Å². The standard InChI is InChI=1S/C11H11.C6H7.Zr/c1-8-4-3-5-10-9(2)6-7-11(8)10;1-6-4-2-3-5-6;/h3-5,7,9H,1-2H3;2-5H,1H3;. The fourth-order valence-corrected chi connectivity index (χ4v) is 6.69. The third-order valence-electron chi connectivity index (χ3n) is 4.00. The summed E-state index contributed by atoms with van der Waals surface area (Å²) >= 11 is -0.587. The van der Waals surface area contributed by atoms with E-state index in [4.69, 9.17) is 0 Å². The molecule has 2 aliphatic carbocycles. The summed E-state index contributed by atoms with van der Waals surface area (Å²) in [5.74, 6) is 0.644. The molecule has 0 N–H and O–H groups in total. The molecule has 18 heavy (non-hydrogen) atoms. The number of allylic oxidation sites excluding steroid dienone is 5. The van der Waals surface area contributed by atoms with Gasteiger partial charge in [-0.05, 0) is 0 Å². The normalized spacial score (nSPS) is 23.1. The molecule has 1 unspecified atom stereocenters. The maximum absolute atomic E-state index is 2.49. The van der Waals surface area contributed by atoms with E-state index in [0.29, 0.717) is 9.04 Å². The third-order valence-corrected chi connectivity index (χ3v) is 8.27. The minimum absolute atomic E-state index is 0.388. The van der Waals surface area contributed by atoms with Crippen LogP contribution < -0.4 is 0 Å². The van der Waals surface area contributed by atoms with E-state index in [1.165, 1.54) is 11.1 Å². The Hall–Kier alpha value is -0.677. The molecule has 0 heterocycles. The number of hydrogen-bond acceptors (Lipinski definition) is 0. The van der Waals surface area contributed by atoms with E-state index < -0.39 is 23.2 Å². The van der Waals surface area contributed by atoms with Crippen molar-refractivity contribution in [2.75, 3.05) is 0 Å². The van der Waals surface area contributed by atoms with Crippen molar-refractivity contribution in [1.82, 2.24) is 0 Å². The summed E-state index contributed by atoms with van der Waals surface area (Å²) in [5, 5.41) is 0. The van der Waals surface area contributed by atoms with E-state index in [-0.39, 0.29) is 0 Å². The molecule has 1 aromatic rings. The van der Waals surface area contributed by atoms with Crippen LogP contribution in [0, 0.1) is 6.92 Å². The van der Waals surface area contributed by atoms with Crippen molar-refractivity contribution < 1.29 is 23.2 Å². The fourth-order valence-electron chi connectivity index (χ4n) is 2.83. The third kappa shape index (κ3) is 2.03. The summed E-state index contributed by atoms with van der Waals surface area (Å²) in [6, 6.07) is 6.73. The van der Waals surface area contributed by atoms with Crippen molar-refractivity contribution in [3.63, 3.8) is 0 Å². The molecule has 0 fully saturated rings. The van der Waals surface area contributed by atoms with Gasteiger partial charge < -0.3 is 0 Å². The second-order valence-electron chi connectivity index (χ2n) is 5.53. The van der Waals surface area contributed by atoms with Gasteiger partial charge in [0.15, 0.2) is 0 Å². The zero-order valence-corrected chi connectivity index (χ0v) is 13.7. The van der Waals surface area contributed by atoms with Crippen molar-refractivity contribution in [3.8, 4) is 0 Å². The summed E-state index contributed by atoms with van der Waals surface area (Å²) in [6.45, 7) is 7.00. The molecule has 1 aromatic carbocycles. The summed E-state index contributed by atoms with van der Waals surface area (Å²) in [7, 11) is 0. The number of aryl methyl sites for hydroxylation is 1. The Balaban J connectivity index is 1.93. The minimum atomic E-state index is -0.587. The number of benzene rings is 1. The van der Waals surface area contributed by atoms with Gasteiger partial charge in [0, 0.05) is 0 Å². The van der Waals surface area contributed by atoms with Gasteiger partial charge >= 0.3 is 122 Å². The molecule has 1 heteroatoms. The molecular formula is C17H18Zr. The Morgan fingerprint density at radius 1 is 1.17 bits per heavy atom. The molecule has 1 atom stereocenters. The van der Waals surface area contributed by atoms with Gasteiger partial charge in [0.2, 0.25) is 0 Å². The van der Waals surface area contributed by atoms with E-state index in [2.05, 4.69) is 69.4 Å². The monoisotopic (exact) mass is 312 g/mol. The van der Waals surface area contributed by atoms with Crippen LogP contribution in [0.5, 0.6) is 0 Å². The maximum atomic E-state index is 2.49. The Morgan fingerprint density at radius 3 is 2.56 bits per heavy atom. The van der Waals surface area contributed by atoms with Gasteiger partial charge in [0.05, 0.1) is 0 Å². The number of fused-ring (bicyclic) bond motifs is 1. The van der Waals surface area contributed by atoms with Crippen LogP contribution in [0.3, 0.4) is 0 Å². The Bertz CT molecular complexity index is 563. The van der Waals surface area contributed by atoms with Gasteiger partial charge in [-0.15, -0.1) is 0 Å². The van der Waals surface area contributed by atoms with E-state index in [9.17, 15) is 0 Å². The summed E-state index contributed by atoms with van der Waals surface area (Å²) in [6.07, 6.45) is 11.7. The molecule has 0 radical (unpaired) electrons. The second kappa shape index (κ2) is 4.46. The molecular weight excluding hydrogens is 295 g/mol. The van der Waals surface area contributed by atoms with Gasteiger partial charge in [0.1, 0.15) is 0 Å². The van der Waals surface area contributed by atoms with Crippen LogP contribution in [0.4, 0.5) is 0 Å². The quantitative estimate of drug-likeness (QED) is 0.733. The zero-order chi connectivity index (χ0) is 12.8. The first-order valence-corrected chi connectivity index (χ1v) is 9.01. The van der Waals surface area contributed by atoms with Crippen molar-refractivity contribution in [2.45, 2.75) is 29.8 Å². The summed E-state index contributed by atoms with van der Waals surface area (Å²) < 4.78 is 2.13. The van der Waals surface area contributed by atoms with Crippen molar-refractivity contribution in [2.24, 2.45) is 0 Å². The van der Waals surface area contributed by atoms with Crippen LogP contribution in [0.25, 0.3) is 6.08 Å². The molecule has 0 nitrogen and oxygen atoms in total. The molecule has 0 amide bonds. The van der Waals surface area contributed by atoms with Crippen LogP contribution in [0.15, 0.2) is 45.8 Å². The Labute approximate surface area is 121 Å². The topological polar surface area (TPSA) is 0 Å². The summed E-state index contributed by atoms with van der Waals surface area (Å²) in [4.78, 5) is 0. The molecule has 0 spiro atoms. The molecule has 0 bridgehead atoms. The van der Waals surface area contributed by atoms with Gasteiger partial charge in [0.25, 0.3) is 0 Å². The first-order valence-electron chi connectivity index (χ1n) is 6.55. The molecule has 3 rings (SSSR count). The number of hydrogen-bond donors (Lipinski definition) is 0. The molecule has 2 aliphatic rings. The van der Waals surface area contributed by atoms with Crippen molar-refractivity contribution in [1.29, 1.82) is 0 Å². The average Bonchev–Trinajstić information content (AvgIpc) is 2.88. The zero-order valence-electron chi connectivity index (χ0n) is 11.2. The van der Waals surface area contributed by atoms with E-state index in [1.807, 2.05) is 0 Å². The van der Waals surface area contributed by atoms with Crippen LogP contribution in [0.1, 0.15) is 36.5 Å². The van der Waals surface area contributed by atoms with Gasteiger partial charge in [-0.2, -0.15) is 0 Å². The first kappa shape index (κ1) is 12.4. The Morgan fingerprint density at radius 2 is 1.89 bits per heavy atom. The SMILES string of the molecule is Cc1cccc2c1C=[C]([Zr][C]1(C)C=CC=C1)C2C. The fraction of sp³-hybridized carbons (Fsp3) is 0.294. The predicted molar refractivity (Wildman–Crippen MR) is 74.2 cm³/mol. The molecule has 0 aliphatic heterocycles. The van der Waals surface area contributed by atoms with E-state index >= 15 is 0 Å². The number of rotatable bonds is 2. The summed E-state index contributed by atoms with van der Waals surface area (Å²) in [5.41, 5.74) is 4.47. The van der Waals surface area contributed by atoms with Gasteiger partial charge in [-0.1, -0.05) is 0 Å². The van der Waals surface area contributed by atoms with Crippen LogP contribution in [-0.4, -0.2) is 0 Å². The molecule has 0 saturated carbocycles. The van der Waals surface area contributed by atoms with Crippen LogP contribution >= 0.6 is 0 Å². The van der Waals surface area contributed by atoms with Crippen LogP contribution in [0.2, 0.25) is 3.12 Å². The van der Waals surface area contributed by atoms with Gasteiger partial charge in [-0.3, -0.25) is 0 Å². The van der Waals surface area contributed by atoms with E-state index in [1.54, 1.807) is 8.84 Å². The molecule has 0 aromatic heterocycles. The molecule has 0 saturated heterocycles. The van der Waals surface area contributed by atoms with E-state index in [0.717, 1.165) is 0 Å².